The van der Waals surface area contributed by atoms with Gasteiger partial charge < -0.3 is 9.47 Å². The van der Waals surface area contributed by atoms with Crippen LogP contribution < -0.4 is 5.32 Å². The van der Waals surface area contributed by atoms with Crippen LogP contribution in [0, 0.1) is 0 Å². The number of rotatable bonds is 3. The molecule has 1 aliphatic rings. The van der Waals surface area contributed by atoms with Gasteiger partial charge in [-0.1, -0.05) is 6.07 Å². The number of esters is 2. The number of carbonyl (C=O) groups excluding carboxylic acids is 3. The first-order valence-corrected chi connectivity index (χ1v) is 5.94. The molecular formula is C14H12NO5. The van der Waals surface area contributed by atoms with Crippen molar-refractivity contribution in [3.8, 4) is 0 Å². The Labute approximate surface area is 115 Å². The third kappa shape index (κ3) is 2.27. The van der Waals surface area contributed by atoms with Gasteiger partial charge in [0.25, 0.3) is 0 Å². The highest BCUT2D eigenvalue weighted by molar-refractivity contribution is 6.27. The topological polar surface area (TPSA) is 83.8 Å². The monoisotopic (exact) mass is 274 g/mol. The summed E-state index contributed by atoms with van der Waals surface area (Å²) in [6.45, 7) is 1.81. The van der Waals surface area contributed by atoms with Gasteiger partial charge in [0.2, 0.25) is 5.78 Å². The van der Waals surface area contributed by atoms with Crippen LogP contribution in [0.5, 0.6) is 0 Å². The molecule has 2 rings (SSSR count). The Hall–Kier alpha value is -2.63. The average Bonchev–Trinajstić information content (AvgIpc) is 2.46. The van der Waals surface area contributed by atoms with Crippen molar-refractivity contribution >= 4 is 23.4 Å². The Morgan fingerprint density at radius 3 is 2.65 bits per heavy atom. The quantitative estimate of drug-likeness (QED) is 0.613. The van der Waals surface area contributed by atoms with Crippen molar-refractivity contribution < 1.29 is 23.9 Å². The zero-order valence-corrected chi connectivity index (χ0v) is 11.0. The summed E-state index contributed by atoms with van der Waals surface area (Å²) in [7, 11) is 1.24. The summed E-state index contributed by atoms with van der Waals surface area (Å²) in [5, 5.41) is 4.01. The lowest BCUT2D eigenvalue weighted by molar-refractivity contribution is -0.138. The van der Waals surface area contributed by atoms with Gasteiger partial charge in [-0.3, -0.25) is 10.1 Å². The number of hydrogen-bond donors (Lipinski definition) is 0. The average molecular weight is 274 g/mol. The van der Waals surface area contributed by atoms with Gasteiger partial charge in [-0.25, -0.2) is 9.59 Å². The van der Waals surface area contributed by atoms with Crippen molar-refractivity contribution in [2.45, 2.75) is 6.92 Å². The number of fused-ring (bicyclic) bond motifs is 1. The fourth-order valence-corrected chi connectivity index (χ4v) is 1.83. The number of ketones is 1. The van der Waals surface area contributed by atoms with E-state index in [1.807, 2.05) is 0 Å². The molecular weight excluding hydrogens is 262 g/mol. The number of methoxy groups -OCH3 is 1. The van der Waals surface area contributed by atoms with E-state index in [-0.39, 0.29) is 29.0 Å². The normalized spacial score (nSPS) is 12.9. The highest BCUT2D eigenvalue weighted by atomic mass is 16.5. The standard InChI is InChI=1S/C14H12NO5/c1-3-20-14(18)10-7-15-11-8(12(10)16)5-4-6-9(11)13(17)19-2/h4-7H,3H2,1-2H3. The SMILES string of the molecule is CCOC(=O)C1=C[N]c2c(C(=O)OC)cccc2C1=O. The van der Waals surface area contributed by atoms with Crippen LogP contribution in [0.2, 0.25) is 0 Å². The predicted octanol–water partition coefficient (Wildman–Crippen LogP) is 1.35. The van der Waals surface area contributed by atoms with Gasteiger partial charge in [0, 0.05) is 11.8 Å². The number of para-hydroxylation sites is 1. The summed E-state index contributed by atoms with van der Waals surface area (Å²) in [6.07, 6.45) is 1.12. The van der Waals surface area contributed by atoms with Crippen molar-refractivity contribution in [2.75, 3.05) is 13.7 Å². The first kappa shape index (κ1) is 13.8. The summed E-state index contributed by atoms with van der Waals surface area (Å²) in [6, 6.07) is 4.54. The summed E-state index contributed by atoms with van der Waals surface area (Å²) >= 11 is 0. The molecule has 0 saturated carbocycles. The molecule has 1 aliphatic heterocycles. The number of ether oxygens (including phenoxy) is 2. The van der Waals surface area contributed by atoms with Crippen LogP contribution in [0.25, 0.3) is 0 Å². The van der Waals surface area contributed by atoms with Crippen LogP contribution in [0.3, 0.4) is 0 Å². The Kier molecular flexibility index (Phi) is 3.84. The van der Waals surface area contributed by atoms with Gasteiger partial charge in [-0.2, -0.15) is 0 Å². The van der Waals surface area contributed by atoms with Gasteiger partial charge in [0.1, 0.15) is 5.57 Å². The van der Waals surface area contributed by atoms with Gasteiger partial charge in [-0.05, 0) is 19.1 Å². The highest BCUT2D eigenvalue weighted by Gasteiger charge is 2.30. The number of carbonyl (C=O) groups is 3. The van der Waals surface area contributed by atoms with Crippen LogP contribution in [-0.2, 0) is 14.3 Å². The Morgan fingerprint density at radius 2 is 2.00 bits per heavy atom. The van der Waals surface area contributed by atoms with E-state index in [0.29, 0.717) is 0 Å². The maximum Gasteiger partial charge on any atom is 0.343 e. The fourth-order valence-electron chi connectivity index (χ4n) is 1.83. The lowest BCUT2D eigenvalue weighted by Crippen LogP contribution is -2.23. The summed E-state index contributed by atoms with van der Waals surface area (Å²) in [4.78, 5) is 35.4. The zero-order valence-electron chi connectivity index (χ0n) is 11.0. The molecule has 0 spiro atoms. The van der Waals surface area contributed by atoms with E-state index in [0.717, 1.165) is 6.20 Å². The van der Waals surface area contributed by atoms with E-state index in [1.165, 1.54) is 25.3 Å². The maximum absolute atomic E-state index is 12.2. The minimum absolute atomic E-state index is 0.152. The summed E-state index contributed by atoms with van der Waals surface area (Å²) in [5.74, 6) is -1.83. The van der Waals surface area contributed by atoms with E-state index < -0.39 is 17.7 Å². The molecule has 0 fully saturated rings. The first-order chi connectivity index (χ1) is 9.60. The molecule has 0 aromatic heterocycles. The van der Waals surface area contributed by atoms with Crippen LogP contribution in [0.1, 0.15) is 27.6 Å². The van der Waals surface area contributed by atoms with E-state index in [9.17, 15) is 14.4 Å². The van der Waals surface area contributed by atoms with Crippen LogP contribution in [0.15, 0.2) is 30.0 Å². The molecule has 0 saturated heterocycles. The van der Waals surface area contributed by atoms with Crippen LogP contribution in [0.4, 0.5) is 5.69 Å². The molecule has 6 heteroatoms. The fraction of sp³-hybridized carbons (Fsp3) is 0.214. The lowest BCUT2D eigenvalue weighted by atomic mass is 9.96. The second-order valence-corrected chi connectivity index (χ2v) is 3.91. The summed E-state index contributed by atoms with van der Waals surface area (Å²) in [5.41, 5.74) is 0.412. The molecule has 0 aliphatic carbocycles. The van der Waals surface area contributed by atoms with Gasteiger partial charge in [0.05, 0.1) is 25.0 Å². The third-order valence-corrected chi connectivity index (χ3v) is 2.75. The molecule has 20 heavy (non-hydrogen) atoms. The lowest BCUT2D eigenvalue weighted by Gasteiger charge is -2.16. The van der Waals surface area contributed by atoms with Gasteiger partial charge in [0.15, 0.2) is 0 Å². The molecule has 1 aromatic rings. The minimum atomic E-state index is -0.727. The molecule has 1 radical (unpaired) electrons. The summed E-state index contributed by atoms with van der Waals surface area (Å²) < 4.78 is 9.41. The smallest absolute Gasteiger partial charge is 0.343 e. The van der Waals surface area contributed by atoms with E-state index in [1.54, 1.807) is 6.92 Å². The molecule has 6 nitrogen and oxygen atoms in total. The number of benzene rings is 1. The number of Topliss-reactive ketones (excluding diaryl/α,β-unsaturated/α-hetero) is 1. The minimum Gasteiger partial charge on any atom is -0.465 e. The molecule has 1 heterocycles. The molecule has 0 N–H and O–H groups in total. The number of hydrogen-bond acceptors (Lipinski definition) is 5. The van der Waals surface area contributed by atoms with Crippen molar-refractivity contribution in [3.05, 3.63) is 41.1 Å². The Morgan fingerprint density at radius 1 is 1.25 bits per heavy atom. The predicted molar refractivity (Wildman–Crippen MR) is 68.6 cm³/mol. The van der Waals surface area contributed by atoms with E-state index in [2.05, 4.69) is 10.1 Å². The molecule has 0 unspecified atom stereocenters. The molecule has 0 atom stereocenters. The van der Waals surface area contributed by atoms with E-state index in [4.69, 9.17) is 4.74 Å². The molecule has 0 amide bonds. The molecule has 103 valence electrons. The van der Waals surface area contributed by atoms with Crippen LogP contribution >= 0.6 is 0 Å². The van der Waals surface area contributed by atoms with Gasteiger partial charge >= 0.3 is 11.9 Å². The maximum atomic E-state index is 12.2. The molecule has 1 aromatic carbocycles. The zero-order chi connectivity index (χ0) is 14.7. The Bertz CT molecular complexity index is 618. The Balaban J connectivity index is 2.42. The second kappa shape index (κ2) is 5.56. The first-order valence-electron chi connectivity index (χ1n) is 5.94. The van der Waals surface area contributed by atoms with Gasteiger partial charge in [-0.15, -0.1) is 0 Å². The molecule has 0 bridgehead atoms. The van der Waals surface area contributed by atoms with Crippen molar-refractivity contribution in [1.82, 2.24) is 5.32 Å². The van der Waals surface area contributed by atoms with E-state index >= 15 is 0 Å². The van der Waals surface area contributed by atoms with Crippen LogP contribution in [-0.4, -0.2) is 31.4 Å². The highest BCUT2D eigenvalue weighted by Crippen LogP contribution is 2.28. The van der Waals surface area contributed by atoms with Crippen molar-refractivity contribution in [1.29, 1.82) is 0 Å². The largest absolute Gasteiger partial charge is 0.465 e. The third-order valence-electron chi connectivity index (χ3n) is 2.75. The second-order valence-electron chi connectivity index (χ2n) is 3.91. The van der Waals surface area contributed by atoms with Crippen molar-refractivity contribution in [3.63, 3.8) is 0 Å². The number of nitrogens with zero attached hydrogens (tertiary/aromatic N) is 1. The van der Waals surface area contributed by atoms with Crippen molar-refractivity contribution in [2.24, 2.45) is 0 Å².